The number of aliphatic hydroxyl groups excluding tert-OH is 4. The Morgan fingerprint density at radius 2 is 0.905 bits per heavy atom. The number of ether oxygens (including phenoxy) is 10. The highest BCUT2D eigenvalue weighted by molar-refractivity contribution is 6.74. The Hall–Kier alpha value is -8.58. The molecule has 23 nitrogen and oxygen atoms in total. The molecule has 0 radical (unpaired) electrons. The largest absolute Gasteiger partial charge is 0.480 e. The fraction of sp³-hybridized carbons (Fsp3) is 0.617. The van der Waals surface area contributed by atoms with Gasteiger partial charge in [0.25, 0.3) is 5.78 Å². The van der Waals surface area contributed by atoms with Crippen LogP contribution < -0.4 is 0 Å². The molecule has 3 rings (SSSR count). The van der Waals surface area contributed by atoms with Crippen LogP contribution in [0.1, 0.15) is 241 Å². The molecule has 0 aromatic carbocycles. The molecule has 0 aliphatic carbocycles. The maximum absolute atomic E-state index is 12.0. The van der Waals surface area contributed by atoms with Gasteiger partial charge >= 0.3 is 36.6 Å². The first kappa shape index (κ1) is 152. The number of alkyl halides is 9. The lowest BCUT2D eigenvalue weighted by molar-refractivity contribution is -0.192. The molecule has 850 valence electrons. The Balaban J connectivity index is -0.000000309. The van der Waals surface area contributed by atoms with Gasteiger partial charge in [0.05, 0.1) is 97.1 Å². The Labute approximate surface area is 882 Å². The Bertz CT molecular complexity index is 4100. The standard InChI is InChI=1S/C23H42O3Si.C19H30O5.C19H32O3.C17H28O3.C9H11F3O3.2C8H14O.C6H7F3O.C5H7F3O.CO2/c1-18-12-10-11-13-21(24-7)22(26-27(8,9)23(4,5)6)20(3)16-19(2)17-25-15-14-18;1-14-7-5-6-8-17(22-4)19(24-13-18(20)21)16(3)11-15(2)12-23-10-9-14;1-7-9-10-15(3)11-12-22-14-16(4)13-17(5)19(20)18(8-2)21-6;1-13-7-5-6-8-16(19-4)17(18)15(3)11-14(2)12-20-10-9-13;1-3-5-6(8(14)15-4-2)7(13)9(10,11)12;2*1-3-4-5-8(2)6-7-9;1-2-3-4-5(10)6(7,8)9;1-2-3-4(9)5(6,7)8;2-1-3/h11,13-14,16,20-22H,10,12,15,17H2,1-9H3;6,8-9,11,16-17,19H,5,7,10,12-13H2,1-4H3,(H,20,21);7-8,11,13,17-20H,1-2,9-10,12,14H2,3-6H3;6,8-9,11,15-18H,5,7,10,12H2,1-4H3;3,6H,1,4-5H2,2H3;2*3,6,9H,1,4-5,7H2,2H3;2H,1,3-4H2;2-3H2,1H3;/b13-11+,18-14-,19-16-;8-6+,14-9-,15-11-;15-11-,16-13-;8-6+,13-9-,14-11-;;8-6-;;;;/t20-,21+,22+;16-,17+,19+;17-,18+,19+;15-,16+,17+;;;;;;/m1111....../s1. The van der Waals surface area contributed by atoms with E-state index >= 15 is 0 Å². The van der Waals surface area contributed by atoms with Crippen molar-refractivity contribution in [3.05, 3.63) is 229 Å². The van der Waals surface area contributed by atoms with Crippen molar-refractivity contribution in [3.8, 4) is 0 Å². The monoisotopic (exact) mass is 2130 g/mol. The van der Waals surface area contributed by atoms with Crippen molar-refractivity contribution in [2.75, 3.05) is 108 Å². The number of hydrogen-bond donors (Lipinski definition) is 5. The second-order valence-electron chi connectivity index (χ2n) is 37.3. The van der Waals surface area contributed by atoms with Crippen LogP contribution in [0, 0.1) is 29.6 Å². The van der Waals surface area contributed by atoms with Gasteiger partial charge < -0.3 is 77.3 Å². The number of allylic oxidation sites excluding steroid dienone is 14. The number of carboxylic acid groups (broad SMARTS) is 1. The van der Waals surface area contributed by atoms with Crippen LogP contribution in [0.3, 0.4) is 0 Å². The molecule has 0 bridgehead atoms. The van der Waals surface area contributed by atoms with E-state index < -0.39 is 87.1 Å². The van der Waals surface area contributed by atoms with E-state index in [1.165, 1.54) is 58.9 Å². The first-order chi connectivity index (χ1) is 69.2. The molecule has 33 heteroatoms. The summed E-state index contributed by atoms with van der Waals surface area (Å²) >= 11 is 0. The topological polar surface area (TPSA) is 322 Å². The van der Waals surface area contributed by atoms with Gasteiger partial charge in [0.1, 0.15) is 36.9 Å². The molecule has 3 heterocycles. The number of carbonyl (C=O) groups excluding carboxylic acids is 6. The summed E-state index contributed by atoms with van der Waals surface area (Å²) in [5.41, 5.74) is 12.3. The quantitative estimate of drug-likeness (QED) is 0.00957. The number of rotatable bonds is 38. The van der Waals surface area contributed by atoms with E-state index in [2.05, 4.69) is 186 Å². The number of hydrogen-bond acceptors (Lipinski definition) is 22. The highest BCUT2D eigenvalue weighted by atomic mass is 28.4. The molecule has 3 aliphatic rings. The number of esters is 1. The number of methoxy groups -OCH3 is 4. The summed E-state index contributed by atoms with van der Waals surface area (Å²) in [6.45, 7) is 69.2. The van der Waals surface area contributed by atoms with Crippen LogP contribution in [0.5, 0.6) is 0 Å². The molecule has 1 unspecified atom stereocenters. The minimum absolute atomic E-state index is 0.00155. The fourth-order valence-electron chi connectivity index (χ4n) is 12.9. The van der Waals surface area contributed by atoms with Gasteiger partial charge in [-0.1, -0.05) is 245 Å². The zero-order chi connectivity index (χ0) is 115. The summed E-state index contributed by atoms with van der Waals surface area (Å²) in [7, 11) is 4.70. The Kier molecular flexibility index (Phi) is 94.9. The molecule has 0 fully saturated rings. The maximum Gasteiger partial charge on any atom is 0.450 e. The number of halogens is 9. The molecule has 148 heavy (non-hydrogen) atoms. The van der Waals surface area contributed by atoms with Crippen LogP contribution in [0.2, 0.25) is 18.1 Å². The van der Waals surface area contributed by atoms with Crippen molar-refractivity contribution in [2.24, 2.45) is 29.6 Å². The van der Waals surface area contributed by atoms with Crippen molar-refractivity contribution in [2.45, 2.75) is 326 Å². The molecule has 13 atom stereocenters. The minimum Gasteiger partial charge on any atom is -0.480 e. The third-order valence-corrected chi connectivity index (χ3v) is 27.0. The SMILES string of the molecule is C=CCC(C(=O)OCC)C(=O)C(F)(F)F.C=CCC/C(C)=C\CO.C=CCC/C(C)=C\COC/C(C)=C\[C@@H](C)[C@H](O)[C@H](C=C)OC.C=CCCC(=O)C(F)(F)F.C=CCCC(C)=CCO.CCCC(=O)C(F)(F)F.CO[C@H]1/C=C/CC/C(C)=C\COC/C(C)=C\[C@@H](C)[C@@H]1O.CO[C@H]1/C=C/CC/C(C)=C\COC/C(C)=C\[C@@H](C)[C@@H]1OCC(=O)O.CO[C@H]1/C=C/CC/C(C)=C\COC/C(C)=C\[C@@H](C)[C@@H]1O[Si](C)(C)C(C)(C)C.O=C=O. The molecule has 0 amide bonds. The summed E-state index contributed by atoms with van der Waals surface area (Å²) in [5.74, 6) is -9.13. The van der Waals surface area contributed by atoms with Crippen molar-refractivity contribution < 1.29 is 150 Å². The van der Waals surface area contributed by atoms with E-state index in [0.717, 1.165) is 99.8 Å². The predicted molar refractivity (Wildman–Crippen MR) is 577 cm³/mol. The normalized spacial score (nSPS) is 22.9. The molecule has 0 aromatic heterocycles. The summed E-state index contributed by atoms with van der Waals surface area (Å²) in [6.07, 6.45) is 37.3. The third-order valence-electron chi connectivity index (χ3n) is 22.6. The number of aliphatic hydroxyl groups is 4. The van der Waals surface area contributed by atoms with Crippen molar-refractivity contribution in [1.82, 2.24) is 0 Å². The molecule has 0 spiro atoms. The summed E-state index contributed by atoms with van der Waals surface area (Å²) in [4.78, 5) is 68.9. The van der Waals surface area contributed by atoms with Gasteiger partial charge in [-0.05, 0) is 191 Å². The van der Waals surface area contributed by atoms with E-state index in [4.69, 9.17) is 72.0 Å². The number of aliphatic carboxylic acids is 1. The fourth-order valence-corrected chi connectivity index (χ4v) is 14.3. The second kappa shape index (κ2) is 92.2. The van der Waals surface area contributed by atoms with Crippen molar-refractivity contribution in [1.29, 1.82) is 0 Å². The Morgan fingerprint density at radius 3 is 1.24 bits per heavy atom. The van der Waals surface area contributed by atoms with E-state index in [-0.39, 0.29) is 117 Å². The average molecular weight is 2130 g/mol. The van der Waals surface area contributed by atoms with Crippen LogP contribution in [0.15, 0.2) is 229 Å². The van der Waals surface area contributed by atoms with Crippen molar-refractivity contribution >= 4 is 43.8 Å². The van der Waals surface area contributed by atoms with Gasteiger partial charge in [0.2, 0.25) is 11.6 Å². The lowest BCUT2D eigenvalue weighted by Crippen LogP contribution is -2.49. The minimum atomic E-state index is -5.03. The molecular formula is C115H185F9O23Si. The first-order valence-electron chi connectivity index (χ1n) is 50.0. The van der Waals surface area contributed by atoms with Gasteiger partial charge in [-0.25, -0.2) is 4.79 Å². The lowest BCUT2D eigenvalue weighted by atomic mass is 9.96. The second-order valence-corrected chi connectivity index (χ2v) is 42.1. The maximum atomic E-state index is 12.0. The van der Waals surface area contributed by atoms with Gasteiger partial charge in [0, 0.05) is 65.0 Å². The average Bonchev–Trinajstić information content (AvgIpc) is 0.809. The molecule has 3 aliphatic heterocycles. The van der Waals surface area contributed by atoms with E-state index in [0.29, 0.717) is 52.9 Å². The van der Waals surface area contributed by atoms with Crippen LogP contribution in [0.4, 0.5) is 39.5 Å². The lowest BCUT2D eigenvalue weighted by Gasteiger charge is -2.42. The molecule has 0 aromatic rings. The molecule has 5 N–H and O–H groups in total. The molecular weight excluding hydrogens is 1950 g/mol. The number of Topliss-reactive ketones (excluding diaryl/α,β-unsaturated/α-hetero) is 3. The molecule has 0 saturated heterocycles. The van der Waals surface area contributed by atoms with Gasteiger partial charge in [-0.3, -0.25) is 19.2 Å². The summed E-state index contributed by atoms with van der Waals surface area (Å²) in [6, 6.07) is 0. The highest BCUT2D eigenvalue weighted by Crippen LogP contribution is 2.40. The Morgan fingerprint density at radius 1 is 0.534 bits per heavy atom. The molecule has 0 saturated carbocycles. The zero-order valence-corrected chi connectivity index (χ0v) is 94.4. The first-order valence-corrected chi connectivity index (χ1v) is 52.9. The number of carbonyl (C=O) groups is 5. The zero-order valence-electron chi connectivity index (χ0n) is 93.4. The number of carboxylic acids is 1. The third kappa shape index (κ3) is 84.1. The van der Waals surface area contributed by atoms with E-state index in [9.17, 15) is 73.7 Å². The van der Waals surface area contributed by atoms with Gasteiger partial charge in [-0.2, -0.15) is 49.1 Å². The van der Waals surface area contributed by atoms with Gasteiger partial charge in [-0.15, -0.1) is 39.5 Å². The van der Waals surface area contributed by atoms with Crippen molar-refractivity contribution in [3.63, 3.8) is 0 Å². The summed E-state index contributed by atoms with van der Waals surface area (Å²) < 4.78 is 166. The van der Waals surface area contributed by atoms with Crippen LogP contribution in [0.25, 0.3) is 0 Å². The van der Waals surface area contributed by atoms with Crippen LogP contribution in [-0.2, 0) is 85.4 Å². The highest BCUT2D eigenvalue weighted by Gasteiger charge is 2.47. The van der Waals surface area contributed by atoms with E-state index in [1.807, 2.05) is 104 Å². The summed E-state index contributed by atoms with van der Waals surface area (Å²) in [5, 5.41) is 46.5. The van der Waals surface area contributed by atoms with Gasteiger partial charge in [0.15, 0.2) is 8.32 Å². The predicted octanol–water partition coefficient (Wildman–Crippen LogP) is 26.0. The number of ketones is 3. The van der Waals surface area contributed by atoms with E-state index in [1.54, 1.807) is 34.5 Å². The van der Waals surface area contributed by atoms with Crippen LogP contribution in [-0.4, -0.2) is 244 Å². The van der Waals surface area contributed by atoms with Crippen LogP contribution >= 0.6 is 0 Å². The smallest absolute Gasteiger partial charge is 0.450 e.